The van der Waals surface area contributed by atoms with Crippen molar-refractivity contribution >= 4 is 28.2 Å². The van der Waals surface area contributed by atoms with E-state index in [0.29, 0.717) is 21.9 Å². The molecule has 6 heteroatoms. The standard InChI is InChI=1S/C13H14N2O3S/c1-3-8-6-10(11(14)16)13(19-8)15-12(17)9-4-5-18-7(9)2/h4-6H,3H2,1-2H3,(H2,14,16)(H,15,17). The summed E-state index contributed by atoms with van der Waals surface area (Å²) in [4.78, 5) is 24.4. The number of anilines is 1. The number of amides is 2. The molecule has 0 aliphatic rings. The summed E-state index contributed by atoms with van der Waals surface area (Å²) >= 11 is 1.36. The number of carbonyl (C=O) groups excluding carboxylic acids is 2. The fourth-order valence-corrected chi connectivity index (χ4v) is 2.68. The molecule has 0 radical (unpaired) electrons. The molecule has 0 aliphatic heterocycles. The van der Waals surface area contributed by atoms with Gasteiger partial charge in [0.05, 0.1) is 17.4 Å². The van der Waals surface area contributed by atoms with E-state index in [0.717, 1.165) is 11.3 Å². The molecule has 2 heterocycles. The number of rotatable bonds is 4. The Balaban J connectivity index is 2.28. The van der Waals surface area contributed by atoms with E-state index in [1.54, 1.807) is 19.1 Å². The van der Waals surface area contributed by atoms with Crippen LogP contribution in [0.4, 0.5) is 5.00 Å². The van der Waals surface area contributed by atoms with Gasteiger partial charge in [-0.05, 0) is 25.5 Å². The molecule has 0 aromatic carbocycles. The summed E-state index contributed by atoms with van der Waals surface area (Å²) in [5.41, 5.74) is 6.09. The lowest BCUT2D eigenvalue weighted by Crippen LogP contribution is -2.16. The maximum absolute atomic E-state index is 12.1. The Morgan fingerprint density at radius 2 is 2.16 bits per heavy atom. The first-order valence-electron chi connectivity index (χ1n) is 5.81. The quantitative estimate of drug-likeness (QED) is 0.901. The highest BCUT2D eigenvalue weighted by Gasteiger charge is 2.18. The molecule has 0 aliphatic carbocycles. The number of carbonyl (C=O) groups is 2. The first-order chi connectivity index (χ1) is 9.02. The predicted octanol–water partition coefficient (Wildman–Crippen LogP) is 2.56. The number of hydrogen-bond donors (Lipinski definition) is 2. The molecular weight excluding hydrogens is 264 g/mol. The number of hydrogen-bond acceptors (Lipinski definition) is 4. The molecule has 2 aromatic heterocycles. The molecule has 0 spiro atoms. The Bertz CT molecular complexity index is 628. The van der Waals surface area contributed by atoms with Crippen molar-refractivity contribution < 1.29 is 14.0 Å². The molecule has 2 amide bonds. The van der Waals surface area contributed by atoms with Crippen LogP contribution >= 0.6 is 11.3 Å². The van der Waals surface area contributed by atoms with Gasteiger partial charge in [-0.1, -0.05) is 6.92 Å². The highest BCUT2D eigenvalue weighted by atomic mass is 32.1. The zero-order valence-corrected chi connectivity index (χ0v) is 11.5. The highest BCUT2D eigenvalue weighted by molar-refractivity contribution is 7.16. The summed E-state index contributed by atoms with van der Waals surface area (Å²) in [5, 5.41) is 3.19. The van der Waals surface area contributed by atoms with Gasteiger partial charge in [0, 0.05) is 4.88 Å². The van der Waals surface area contributed by atoms with Gasteiger partial charge in [0.25, 0.3) is 11.8 Å². The number of aryl methyl sites for hydroxylation is 2. The van der Waals surface area contributed by atoms with Gasteiger partial charge in [-0.3, -0.25) is 9.59 Å². The predicted molar refractivity (Wildman–Crippen MR) is 73.6 cm³/mol. The van der Waals surface area contributed by atoms with Crippen LogP contribution < -0.4 is 11.1 Å². The van der Waals surface area contributed by atoms with E-state index >= 15 is 0 Å². The second kappa shape index (κ2) is 5.27. The van der Waals surface area contributed by atoms with Crippen LogP contribution in [0, 0.1) is 6.92 Å². The molecule has 19 heavy (non-hydrogen) atoms. The van der Waals surface area contributed by atoms with Gasteiger partial charge in [0.15, 0.2) is 0 Å². The summed E-state index contributed by atoms with van der Waals surface area (Å²) in [5.74, 6) is -0.321. The van der Waals surface area contributed by atoms with Crippen LogP contribution in [0.2, 0.25) is 0 Å². The van der Waals surface area contributed by atoms with Gasteiger partial charge in [0.1, 0.15) is 10.8 Å². The van der Waals surface area contributed by atoms with Gasteiger partial charge < -0.3 is 15.5 Å². The van der Waals surface area contributed by atoms with Crippen molar-refractivity contribution in [2.45, 2.75) is 20.3 Å². The molecule has 100 valence electrons. The maximum atomic E-state index is 12.1. The van der Waals surface area contributed by atoms with Crippen LogP contribution in [0.15, 0.2) is 22.8 Å². The van der Waals surface area contributed by atoms with Gasteiger partial charge in [0.2, 0.25) is 0 Å². The number of thiophene rings is 1. The largest absolute Gasteiger partial charge is 0.469 e. The molecule has 5 nitrogen and oxygen atoms in total. The highest BCUT2D eigenvalue weighted by Crippen LogP contribution is 2.29. The fraction of sp³-hybridized carbons (Fsp3) is 0.231. The monoisotopic (exact) mass is 278 g/mol. The van der Waals surface area contributed by atoms with Crippen molar-refractivity contribution in [3.63, 3.8) is 0 Å². The topological polar surface area (TPSA) is 85.3 Å². The van der Waals surface area contributed by atoms with E-state index in [2.05, 4.69) is 5.32 Å². The molecule has 2 rings (SSSR count). The van der Waals surface area contributed by atoms with Crippen molar-refractivity contribution in [3.05, 3.63) is 40.2 Å². The Morgan fingerprint density at radius 3 is 2.68 bits per heavy atom. The zero-order chi connectivity index (χ0) is 14.0. The van der Waals surface area contributed by atoms with Crippen molar-refractivity contribution in [2.75, 3.05) is 5.32 Å². The number of nitrogens with one attached hydrogen (secondary N) is 1. The van der Waals surface area contributed by atoms with E-state index in [1.165, 1.54) is 17.6 Å². The summed E-state index contributed by atoms with van der Waals surface area (Å²) in [6.07, 6.45) is 2.23. The smallest absolute Gasteiger partial charge is 0.259 e. The minimum Gasteiger partial charge on any atom is -0.469 e. The van der Waals surface area contributed by atoms with E-state index in [-0.39, 0.29) is 5.91 Å². The third kappa shape index (κ3) is 2.68. The van der Waals surface area contributed by atoms with E-state index in [4.69, 9.17) is 10.2 Å². The van der Waals surface area contributed by atoms with Crippen LogP contribution in [0.25, 0.3) is 0 Å². The Kier molecular flexibility index (Phi) is 3.71. The minimum atomic E-state index is -0.546. The number of furan rings is 1. The summed E-state index contributed by atoms with van der Waals surface area (Å²) in [7, 11) is 0. The molecule has 0 unspecified atom stereocenters. The van der Waals surface area contributed by atoms with Crippen molar-refractivity contribution in [1.82, 2.24) is 0 Å². The van der Waals surface area contributed by atoms with Crippen LogP contribution in [0.3, 0.4) is 0 Å². The third-order valence-corrected chi connectivity index (χ3v) is 3.92. The molecule has 0 saturated heterocycles. The maximum Gasteiger partial charge on any atom is 0.259 e. The lowest BCUT2D eigenvalue weighted by atomic mass is 10.2. The van der Waals surface area contributed by atoms with Crippen molar-refractivity contribution in [3.8, 4) is 0 Å². The Morgan fingerprint density at radius 1 is 1.42 bits per heavy atom. The van der Waals surface area contributed by atoms with Crippen molar-refractivity contribution in [1.29, 1.82) is 0 Å². The second-order valence-electron chi connectivity index (χ2n) is 4.02. The normalized spacial score (nSPS) is 10.4. The minimum absolute atomic E-state index is 0.307. The van der Waals surface area contributed by atoms with Crippen molar-refractivity contribution in [2.24, 2.45) is 5.73 Å². The van der Waals surface area contributed by atoms with Gasteiger partial charge in [-0.2, -0.15) is 0 Å². The van der Waals surface area contributed by atoms with Gasteiger partial charge in [-0.15, -0.1) is 11.3 Å². The van der Waals surface area contributed by atoms with E-state index < -0.39 is 5.91 Å². The fourth-order valence-electron chi connectivity index (χ4n) is 1.68. The zero-order valence-electron chi connectivity index (χ0n) is 10.6. The summed E-state index contributed by atoms with van der Waals surface area (Å²) in [6, 6.07) is 3.30. The van der Waals surface area contributed by atoms with Gasteiger partial charge >= 0.3 is 0 Å². The molecule has 3 N–H and O–H groups in total. The second-order valence-corrected chi connectivity index (χ2v) is 5.15. The van der Waals surface area contributed by atoms with Crippen LogP contribution in [-0.2, 0) is 6.42 Å². The van der Waals surface area contributed by atoms with Crippen LogP contribution in [0.1, 0.15) is 38.3 Å². The average molecular weight is 278 g/mol. The van der Waals surface area contributed by atoms with Crippen LogP contribution in [0.5, 0.6) is 0 Å². The Labute approximate surface area is 114 Å². The number of nitrogens with two attached hydrogens (primary N) is 1. The molecule has 0 saturated carbocycles. The molecule has 0 bridgehead atoms. The Hall–Kier alpha value is -2.08. The lowest BCUT2D eigenvalue weighted by molar-refractivity contribution is 0.100. The average Bonchev–Trinajstić information content (AvgIpc) is 2.95. The molecule has 0 fully saturated rings. The molecule has 2 aromatic rings. The van der Waals surface area contributed by atoms with E-state index in [1.807, 2.05) is 6.92 Å². The summed E-state index contributed by atoms with van der Waals surface area (Å²) < 4.78 is 5.08. The summed E-state index contributed by atoms with van der Waals surface area (Å²) in [6.45, 7) is 3.68. The third-order valence-electron chi connectivity index (χ3n) is 2.73. The first kappa shape index (κ1) is 13.4. The first-order valence-corrected chi connectivity index (χ1v) is 6.62. The SMILES string of the molecule is CCc1cc(C(N)=O)c(NC(=O)c2ccoc2C)s1. The molecular formula is C13H14N2O3S. The lowest BCUT2D eigenvalue weighted by Gasteiger charge is -2.03. The van der Waals surface area contributed by atoms with E-state index in [9.17, 15) is 9.59 Å². The molecule has 0 atom stereocenters. The number of primary amides is 1. The van der Waals surface area contributed by atoms with Crippen LogP contribution in [-0.4, -0.2) is 11.8 Å². The van der Waals surface area contributed by atoms with Gasteiger partial charge in [-0.25, -0.2) is 0 Å².